The van der Waals surface area contributed by atoms with Gasteiger partial charge in [-0.25, -0.2) is 0 Å². The van der Waals surface area contributed by atoms with Gasteiger partial charge in [0.05, 0.1) is 28.2 Å². The van der Waals surface area contributed by atoms with Crippen LogP contribution in [-0.2, 0) is 12.7 Å². The van der Waals surface area contributed by atoms with Gasteiger partial charge in [0.25, 0.3) is 5.91 Å². The van der Waals surface area contributed by atoms with E-state index in [-0.39, 0.29) is 17.6 Å². The fourth-order valence-electron chi connectivity index (χ4n) is 4.51. The second-order valence-electron chi connectivity index (χ2n) is 7.69. The Kier molecular flexibility index (Phi) is 4.73. The van der Waals surface area contributed by atoms with E-state index in [4.69, 9.17) is 11.6 Å². The first-order chi connectivity index (χ1) is 14.9. The maximum Gasteiger partial charge on any atom is 0.417 e. The number of halogens is 4. The number of aromatic nitrogens is 4. The van der Waals surface area contributed by atoms with Crippen LogP contribution in [0.15, 0.2) is 42.6 Å². The molecule has 2 bridgehead atoms. The van der Waals surface area contributed by atoms with Crippen molar-refractivity contribution in [2.24, 2.45) is 0 Å². The van der Waals surface area contributed by atoms with Crippen LogP contribution < -0.4 is 0 Å². The molecule has 1 amide bonds. The average molecular weight is 448 g/mol. The Balaban J connectivity index is 1.55. The number of pyridine rings is 1. The lowest BCUT2D eigenvalue weighted by Crippen LogP contribution is -2.52. The highest BCUT2D eigenvalue weighted by Gasteiger charge is 2.44. The van der Waals surface area contributed by atoms with E-state index >= 15 is 0 Å². The summed E-state index contributed by atoms with van der Waals surface area (Å²) in [5.74, 6) is 0.726. The summed E-state index contributed by atoms with van der Waals surface area (Å²) in [6.07, 6.45) is -0.687. The Bertz CT molecular complexity index is 1150. The first-order valence-electron chi connectivity index (χ1n) is 9.89. The van der Waals surface area contributed by atoms with Gasteiger partial charge in [-0.05, 0) is 43.5 Å². The van der Waals surface area contributed by atoms with Crippen molar-refractivity contribution in [3.63, 3.8) is 0 Å². The largest absolute Gasteiger partial charge is 0.417 e. The van der Waals surface area contributed by atoms with E-state index in [2.05, 4.69) is 15.2 Å². The summed E-state index contributed by atoms with van der Waals surface area (Å²) < 4.78 is 41.8. The molecule has 6 nitrogen and oxygen atoms in total. The van der Waals surface area contributed by atoms with Gasteiger partial charge in [0.2, 0.25) is 0 Å². The minimum atomic E-state index is -4.64. The topological polar surface area (TPSA) is 63.9 Å². The standard InChI is InChI=1S/C21H17ClF3N5O/c22-17-13(6-4-7-14(17)21(23,24)25)20(31)30-12-5-3-9-16(30)19-28-27-18(29(19)11-12)15-8-1-2-10-26-15/h1-2,4,6-8,10,12,16H,3,5,9,11H2/t12-,16-/m0/s1. The molecule has 0 aliphatic carbocycles. The highest BCUT2D eigenvalue weighted by Crippen LogP contribution is 2.42. The predicted octanol–water partition coefficient (Wildman–Crippen LogP) is 4.76. The smallest absolute Gasteiger partial charge is 0.324 e. The minimum Gasteiger partial charge on any atom is -0.324 e. The lowest BCUT2D eigenvalue weighted by molar-refractivity contribution is -0.137. The number of hydrogen-bond acceptors (Lipinski definition) is 4. The Morgan fingerprint density at radius 2 is 1.94 bits per heavy atom. The maximum absolute atomic E-state index is 13.4. The number of carbonyl (C=O) groups is 1. The second kappa shape index (κ2) is 7.33. The molecule has 0 spiro atoms. The van der Waals surface area contributed by atoms with Crippen LogP contribution in [0.3, 0.4) is 0 Å². The number of alkyl halides is 3. The highest BCUT2D eigenvalue weighted by atomic mass is 35.5. The summed E-state index contributed by atoms with van der Waals surface area (Å²) in [6.45, 7) is 0.451. The number of piperidine rings is 1. The summed E-state index contributed by atoms with van der Waals surface area (Å²) in [6, 6.07) is 8.37. The average Bonchev–Trinajstić information content (AvgIpc) is 3.16. The monoisotopic (exact) mass is 447 g/mol. The maximum atomic E-state index is 13.4. The van der Waals surface area contributed by atoms with E-state index in [9.17, 15) is 18.0 Å². The van der Waals surface area contributed by atoms with E-state index in [0.29, 0.717) is 30.3 Å². The zero-order chi connectivity index (χ0) is 21.8. The fourth-order valence-corrected chi connectivity index (χ4v) is 4.83. The van der Waals surface area contributed by atoms with Crippen LogP contribution in [0.4, 0.5) is 13.2 Å². The molecule has 10 heteroatoms. The van der Waals surface area contributed by atoms with Crippen molar-refractivity contribution in [2.45, 2.75) is 44.1 Å². The molecule has 160 valence electrons. The van der Waals surface area contributed by atoms with Gasteiger partial charge in [0.15, 0.2) is 11.6 Å². The van der Waals surface area contributed by atoms with Crippen LogP contribution in [-0.4, -0.2) is 36.6 Å². The zero-order valence-electron chi connectivity index (χ0n) is 16.2. The van der Waals surface area contributed by atoms with Crippen molar-refractivity contribution in [1.29, 1.82) is 0 Å². The van der Waals surface area contributed by atoms with Crippen LogP contribution in [0.2, 0.25) is 5.02 Å². The van der Waals surface area contributed by atoms with Crippen molar-refractivity contribution < 1.29 is 18.0 Å². The molecule has 2 atom stereocenters. The number of carbonyl (C=O) groups excluding carboxylic acids is 1. The molecule has 0 radical (unpaired) electrons. The van der Waals surface area contributed by atoms with Crippen molar-refractivity contribution in [2.75, 3.05) is 0 Å². The molecule has 5 rings (SSSR count). The summed E-state index contributed by atoms with van der Waals surface area (Å²) in [5.41, 5.74) is -0.478. The fraction of sp³-hybridized carbons (Fsp3) is 0.333. The Morgan fingerprint density at radius 3 is 2.68 bits per heavy atom. The SMILES string of the molecule is O=C(c1cccc(C(F)(F)F)c1Cl)N1[C@H]2CCC[C@H]1c1nnc(-c3ccccn3)n1C2. The second-order valence-corrected chi connectivity index (χ2v) is 8.06. The first kappa shape index (κ1) is 20.0. The van der Waals surface area contributed by atoms with Gasteiger partial charge in [-0.3, -0.25) is 9.78 Å². The van der Waals surface area contributed by atoms with Gasteiger partial charge in [-0.1, -0.05) is 23.7 Å². The van der Waals surface area contributed by atoms with Gasteiger partial charge >= 0.3 is 6.18 Å². The van der Waals surface area contributed by atoms with E-state index < -0.39 is 22.7 Å². The van der Waals surface area contributed by atoms with Gasteiger partial charge in [0, 0.05) is 12.7 Å². The number of hydrogen-bond donors (Lipinski definition) is 0. The number of fused-ring (bicyclic) bond motifs is 4. The minimum absolute atomic E-state index is 0.147. The van der Waals surface area contributed by atoms with Gasteiger partial charge in [-0.15, -0.1) is 10.2 Å². The van der Waals surface area contributed by atoms with Crippen molar-refractivity contribution in [3.8, 4) is 11.5 Å². The highest BCUT2D eigenvalue weighted by molar-refractivity contribution is 6.34. The number of benzene rings is 1. The molecule has 1 saturated heterocycles. The molecule has 0 unspecified atom stereocenters. The quantitative estimate of drug-likeness (QED) is 0.568. The van der Waals surface area contributed by atoms with E-state index in [0.717, 1.165) is 18.9 Å². The third-order valence-electron chi connectivity index (χ3n) is 5.88. The zero-order valence-corrected chi connectivity index (χ0v) is 16.9. The molecular weight excluding hydrogens is 431 g/mol. The molecule has 2 aromatic heterocycles. The molecule has 1 aromatic carbocycles. The van der Waals surface area contributed by atoms with Gasteiger partial charge in [-0.2, -0.15) is 13.2 Å². The third kappa shape index (κ3) is 3.27. The molecule has 1 fully saturated rings. The van der Waals surface area contributed by atoms with Gasteiger partial charge < -0.3 is 9.47 Å². The van der Waals surface area contributed by atoms with Crippen LogP contribution in [0.5, 0.6) is 0 Å². The lowest BCUT2D eigenvalue weighted by atomic mass is 9.90. The summed E-state index contributed by atoms with van der Waals surface area (Å²) in [7, 11) is 0. The molecular formula is C21H17ClF3N5O. The number of nitrogens with zero attached hydrogens (tertiary/aromatic N) is 5. The molecule has 0 N–H and O–H groups in total. The Hall–Kier alpha value is -2.94. The van der Waals surface area contributed by atoms with Gasteiger partial charge in [0.1, 0.15) is 5.69 Å². The van der Waals surface area contributed by atoms with Crippen molar-refractivity contribution in [1.82, 2.24) is 24.6 Å². The summed E-state index contributed by atoms with van der Waals surface area (Å²) in [5, 5.41) is 8.05. The normalized spacial score (nSPS) is 20.5. The third-order valence-corrected chi connectivity index (χ3v) is 6.29. The van der Waals surface area contributed by atoms with Crippen LogP contribution in [0.1, 0.15) is 47.1 Å². The van der Waals surface area contributed by atoms with E-state index in [1.54, 1.807) is 11.1 Å². The Labute approximate surface area is 180 Å². The van der Waals surface area contributed by atoms with Crippen LogP contribution >= 0.6 is 11.6 Å². The van der Waals surface area contributed by atoms with Crippen molar-refractivity contribution >= 4 is 17.5 Å². The summed E-state index contributed by atoms with van der Waals surface area (Å²) >= 11 is 6.04. The molecule has 3 aromatic rings. The molecule has 0 saturated carbocycles. The van der Waals surface area contributed by atoms with Crippen molar-refractivity contribution in [3.05, 3.63) is 64.6 Å². The molecule has 2 aliphatic rings. The van der Waals surface area contributed by atoms with Crippen LogP contribution in [0, 0.1) is 0 Å². The molecule has 31 heavy (non-hydrogen) atoms. The predicted molar refractivity (Wildman–Crippen MR) is 106 cm³/mol. The number of rotatable bonds is 2. The lowest BCUT2D eigenvalue weighted by Gasteiger charge is -2.45. The molecule has 4 heterocycles. The first-order valence-corrected chi connectivity index (χ1v) is 10.3. The summed E-state index contributed by atoms with van der Waals surface area (Å²) in [4.78, 5) is 19.4. The Morgan fingerprint density at radius 1 is 1.10 bits per heavy atom. The number of amides is 1. The van der Waals surface area contributed by atoms with Crippen LogP contribution in [0.25, 0.3) is 11.5 Å². The molecule has 2 aliphatic heterocycles. The van der Waals surface area contributed by atoms with E-state index in [1.165, 1.54) is 12.1 Å². The van der Waals surface area contributed by atoms with E-state index in [1.807, 2.05) is 22.8 Å².